The molecule has 0 spiro atoms. The molecule has 0 amide bonds. The third kappa shape index (κ3) is 4.91. The number of furan rings is 1. The summed E-state index contributed by atoms with van der Waals surface area (Å²) in [6, 6.07) is 73.9. The van der Waals surface area contributed by atoms with Crippen LogP contribution < -0.4 is 0 Å². The van der Waals surface area contributed by atoms with Crippen LogP contribution in [0.4, 0.5) is 0 Å². The van der Waals surface area contributed by atoms with Crippen molar-refractivity contribution >= 4 is 75.3 Å². The normalized spacial score (nSPS) is 13.1. The van der Waals surface area contributed by atoms with Gasteiger partial charge in [0.25, 0.3) is 0 Å². The second kappa shape index (κ2) is 13.4. The Bertz CT molecular complexity index is 3990. The zero-order valence-electron chi connectivity index (χ0n) is 34.2. The van der Waals surface area contributed by atoms with Crippen LogP contribution in [0.2, 0.25) is 0 Å². The van der Waals surface area contributed by atoms with Gasteiger partial charge in [0.1, 0.15) is 11.2 Å². The zero-order chi connectivity index (χ0) is 41.9. The highest BCUT2D eigenvalue weighted by atomic mass is 32.1. The Morgan fingerprint density at radius 3 is 1.91 bits per heavy atom. The molecule has 0 N–H and O–H groups in total. The van der Waals surface area contributed by atoms with Gasteiger partial charge in [0.15, 0.2) is 11.6 Å². The average molecular weight is 835 g/mol. The Morgan fingerprint density at radius 1 is 0.406 bits per heavy atom. The second-order valence-electron chi connectivity index (χ2n) is 16.7. The summed E-state index contributed by atoms with van der Waals surface area (Å²) in [5.74, 6) is 1.74. The predicted molar refractivity (Wildman–Crippen MR) is 263 cm³/mol. The van der Waals surface area contributed by atoms with Crippen molar-refractivity contribution in [3.05, 3.63) is 229 Å². The van der Waals surface area contributed by atoms with Gasteiger partial charge >= 0.3 is 0 Å². The average Bonchev–Trinajstić information content (AvgIpc) is 4.10. The molecular weight excluding hydrogens is 801 g/mol. The van der Waals surface area contributed by atoms with Crippen LogP contribution >= 0.6 is 11.3 Å². The number of hydrogen-bond acceptors (Lipinski definition) is 5. The number of rotatable bonds is 5. The monoisotopic (exact) mass is 834 g/mol. The molecule has 14 rings (SSSR count). The molecule has 0 aliphatic heterocycles. The van der Waals surface area contributed by atoms with Crippen molar-refractivity contribution in [3.63, 3.8) is 0 Å². The first kappa shape index (κ1) is 35.4. The Labute approximate surface area is 371 Å². The summed E-state index contributed by atoms with van der Waals surface area (Å²) in [5, 5.41) is 6.83. The van der Waals surface area contributed by atoms with Crippen LogP contribution in [-0.4, -0.2) is 19.5 Å². The molecule has 0 saturated carbocycles. The number of para-hydroxylation sites is 2. The molecular formula is C58H34N4OS. The van der Waals surface area contributed by atoms with E-state index in [-0.39, 0.29) is 0 Å². The summed E-state index contributed by atoms with van der Waals surface area (Å²) in [5.41, 5.74) is 12.3. The summed E-state index contributed by atoms with van der Waals surface area (Å²) >= 11 is 1.78. The van der Waals surface area contributed by atoms with Crippen molar-refractivity contribution in [2.24, 2.45) is 0 Å². The molecule has 4 heterocycles. The molecule has 5 nitrogen and oxygen atoms in total. The molecule has 0 fully saturated rings. The van der Waals surface area contributed by atoms with Gasteiger partial charge in [0.05, 0.1) is 16.4 Å². The largest absolute Gasteiger partial charge is 0.456 e. The standard InChI is InChI=1S/C58H34N4OS/c1-3-16-36(17-4-1)58(37-18-5-2-6-19-37)47-26-11-7-20-38(47)45-33-46-39-21-8-12-27-49(39)62(50(46)34-48(45)58)57-60-55(35-30-31-41-40-22-9-13-28-51(40)63-52(41)32-35)59-56(61-57)44-25-15-24-43-42-23-10-14-29-53(42)64-54(43)44/h1-34H. The molecule has 0 bridgehead atoms. The van der Waals surface area contributed by atoms with Gasteiger partial charge in [-0.05, 0) is 81.9 Å². The molecule has 0 unspecified atom stereocenters. The summed E-state index contributed by atoms with van der Waals surface area (Å²) in [6.07, 6.45) is 0. The first-order chi connectivity index (χ1) is 31.7. The minimum absolute atomic E-state index is 0.550. The van der Waals surface area contributed by atoms with Gasteiger partial charge in [-0.15, -0.1) is 11.3 Å². The molecule has 0 radical (unpaired) electrons. The van der Waals surface area contributed by atoms with E-state index in [2.05, 4.69) is 193 Å². The van der Waals surface area contributed by atoms with E-state index in [9.17, 15) is 0 Å². The summed E-state index contributed by atoms with van der Waals surface area (Å²) in [4.78, 5) is 16.3. The van der Waals surface area contributed by atoms with E-state index in [1.165, 1.54) is 48.9 Å². The van der Waals surface area contributed by atoms with Crippen LogP contribution in [0.15, 0.2) is 211 Å². The molecule has 0 atom stereocenters. The van der Waals surface area contributed by atoms with Gasteiger partial charge in [0, 0.05) is 52.8 Å². The fourth-order valence-corrected chi connectivity index (χ4v) is 11.8. The van der Waals surface area contributed by atoms with Gasteiger partial charge in [-0.2, -0.15) is 9.97 Å². The lowest BCUT2D eigenvalue weighted by Gasteiger charge is -2.34. The van der Waals surface area contributed by atoms with Crippen LogP contribution in [0, 0.1) is 0 Å². The quantitative estimate of drug-likeness (QED) is 0.173. The van der Waals surface area contributed by atoms with Gasteiger partial charge in [0.2, 0.25) is 5.95 Å². The van der Waals surface area contributed by atoms with E-state index in [1.807, 2.05) is 18.2 Å². The van der Waals surface area contributed by atoms with Crippen molar-refractivity contribution < 1.29 is 4.42 Å². The molecule has 64 heavy (non-hydrogen) atoms. The molecule has 9 aromatic carbocycles. The highest BCUT2D eigenvalue weighted by Crippen LogP contribution is 2.57. The van der Waals surface area contributed by atoms with Gasteiger partial charge < -0.3 is 4.42 Å². The first-order valence-electron chi connectivity index (χ1n) is 21.6. The molecule has 298 valence electrons. The Hall–Kier alpha value is -8.19. The number of aromatic nitrogens is 4. The summed E-state index contributed by atoms with van der Waals surface area (Å²) in [7, 11) is 0. The SMILES string of the molecule is c1ccc(C2(c3ccccc3)c3ccccc3-c3cc4c5ccccc5n(-c5nc(-c6ccc7c(c6)oc6ccccc67)nc(-c6cccc7c6sc6ccccc67)n5)c4cc32)cc1. The fourth-order valence-electron chi connectivity index (χ4n) is 10.6. The molecule has 4 aromatic heterocycles. The zero-order valence-corrected chi connectivity index (χ0v) is 35.1. The highest BCUT2D eigenvalue weighted by molar-refractivity contribution is 7.26. The maximum absolute atomic E-state index is 6.43. The number of fused-ring (bicyclic) bond motifs is 12. The number of thiophene rings is 1. The van der Waals surface area contributed by atoms with Gasteiger partial charge in [-0.3, -0.25) is 4.57 Å². The lowest BCUT2D eigenvalue weighted by atomic mass is 9.67. The molecule has 1 aliphatic carbocycles. The van der Waals surface area contributed by atoms with Crippen LogP contribution in [-0.2, 0) is 5.41 Å². The number of hydrogen-bond donors (Lipinski definition) is 0. The smallest absolute Gasteiger partial charge is 0.238 e. The highest BCUT2D eigenvalue weighted by Gasteiger charge is 2.46. The van der Waals surface area contributed by atoms with Crippen molar-refractivity contribution in [1.82, 2.24) is 19.5 Å². The van der Waals surface area contributed by atoms with Crippen molar-refractivity contribution in [2.45, 2.75) is 5.41 Å². The molecule has 13 aromatic rings. The summed E-state index contributed by atoms with van der Waals surface area (Å²) < 4.78 is 11.1. The third-order valence-electron chi connectivity index (χ3n) is 13.4. The Kier molecular flexibility index (Phi) is 7.42. The lowest BCUT2D eigenvalue weighted by Crippen LogP contribution is -2.28. The van der Waals surface area contributed by atoms with E-state index < -0.39 is 5.41 Å². The minimum Gasteiger partial charge on any atom is -0.456 e. The summed E-state index contributed by atoms with van der Waals surface area (Å²) in [6.45, 7) is 0. The Morgan fingerprint density at radius 2 is 1.06 bits per heavy atom. The number of benzene rings is 9. The topological polar surface area (TPSA) is 56.7 Å². The fraction of sp³-hybridized carbons (Fsp3) is 0.0172. The van der Waals surface area contributed by atoms with E-state index in [4.69, 9.17) is 19.4 Å². The maximum Gasteiger partial charge on any atom is 0.238 e. The van der Waals surface area contributed by atoms with Gasteiger partial charge in [-0.25, -0.2) is 4.98 Å². The lowest BCUT2D eigenvalue weighted by molar-refractivity contribution is 0.669. The van der Waals surface area contributed by atoms with Crippen LogP contribution in [0.3, 0.4) is 0 Å². The maximum atomic E-state index is 6.43. The third-order valence-corrected chi connectivity index (χ3v) is 14.6. The minimum atomic E-state index is -0.571. The molecule has 0 saturated heterocycles. The van der Waals surface area contributed by atoms with Crippen LogP contribution in [0.25, 0.3) is 104 Å². The van der Waals surface area contributed by atoms with Gasteiger partial charge in [-0.1, -0.05) is 158 Å². The second-order valence-corrected chi connectivity index (χ2v) is 17.7. The molecule has 1 aliphatic rings. The van der Waals surface area contributed by atoms with E-state index in [0.29, 0.717) is 17.6 Å². The van der Waals surface area contributed by atoms with E-state index >= 15 is 0 Å². The van der Waals surface area contributed by atoms with Crippen molar-refractivity contribution in [2.75, 3.05) is 0 Å². The van der Waals surface area contributed by atoms with Crippen molar-refractivity contribution in [3.8, 4) is 39.9 Å². The van der Waals surface area contributed by atoms with E-state index in [0.717, 1.165) is 59.6 Å². The van der Waals surface area contributed by atoms with Crippen LogP contribution in [0.1, 0.15) is 22.3 Å². The van der Waals surface area contributed by atoms with Crippen molar-refractivity contribution in [1.29, 1.82) is 0 Å². The first-order valence-corrected chi connectivity index (χ1v) is 22.4. The van der Waals surface area contributed by atoms with E-state index in [1.54, 1.807) is 11.3 Å². The van der Waals surface area contributed by atoms with Crippen LogP contribution in [0.5, 0.6) is 0 Å². The molecule has 6 heteroatoms. The Balaban J connectivity index is 1.09. The predicted octanol–water partition coefficient (Wildman–Crippen LogP) is 14.9. The number of nitrogens with zero attached hydrogens (tertiary/aromatic N) is 4.